The van der Waals surface area contributed by atoms with E-state index in [2.05, 4.69) is 30.1 Å². The average Bonchev–Trinajstić information content (AvgIpc) is 3.55. The first-order valence-corrected chi connectivity index (χ1v) is 12.6. The van der Waals surface area contributed by atoms with Gasteiger partial charge in [-0.2, -0.15) is 18.3 Å². The molecule has 0 aliphatic heterocycles. The number of alkyl halides is 3. The van der Waals surface area contributed by atoms with Crippen LogP contribution in [0.15, 0.2) is 47.4 Å². The van der Waals surface area contributed by atoms with Crippen LogP contribution in [-0.2, 0) is 16.2 Å². The Morgan fingerprint density at radius 3 is 2.24 bits per heavy atom. The lowest BCUT2D eigenvalue weighted by Gasteiger charge is -2.10. The monoisotopic (exact) mass is 531 g/mol. The summed E-state index contributed by atoms with van der Waals surface area (Å²) < 4.78 is 69.1. The van der Waals surface area contributed by atoms with Gasteiger partial charge < -0.3 is 5.32 Å². The molecule has 1 amide bonds. The molecule has 0 unspecified atom stereocenters. The molecule has 192 valence electrons. The standard InChI is InChI=1S/C23H20F3N7O3S/c1-12-9-13(2)28-22(27-12)32-37(35,36)16-7-5-15(6-8-16)29-21(34)18-11-20-30-17(14-3-4-14)10-19(23(24,25)26)33(20)31-18/h5-11,14H,3-4H2,1-2H3,(H,29,34)(H,27,28,32). The summed E-state index contributed by atoms with van der Waals surface area (Å²) in [4.78, 5) is 25.0. The Balaban J connectivity index is 1.35. The third-order valence-electron chi connectivity index (χ3n) is 5.60. The van der Waals surface area contributed by atoms with Gasteiger partial charge in [0, 0.05) is 34.8 Å². The van der Waals surface area contributed by atoms with E-state index in [9.17, 15) is 26.4 Å². The molecule has 3 aromatic heterocycles. The van der Waals surface area contributed by atoms with E-state index < -0.39 is 27.8 Å². The number of hydrogen-bond acceptors (Lipinski definition) is 7. The number of rotatable bonds is 6. The summed E-state index contributed by atoms with van der Waals surface area (Å²) in [7, 11) is -4.00. The Kier molecular flexibility index (Phi) is 5.85. The molecule has 37 heavy (non-hydrogen) atoms. The van der Waals surface area contributed by atoms with Crippen molar-refractivity contribution < 1.29 is 26.4 Å². The van der Waals surface area contributed by atoms with E-state index in [1.165, 1.54) is 30.3 Å². The van der Waals surface area contributed by atoms with Crippen molar-refractivity contribution in [1.82, 2.24) is 24.6 Å². The van der Waals surface area contributed by atoms with E-state index in [4.69, 9.17) is 0 Å². The van der Waals surface area contributed by atoms with Gasteiger partial charge in [-0.15, -0.1) is 0 Å². The maximum Gasteiger partial charge on any atom is 0.433 e. The van der Waals surface area contributed by atoms with Crippen LogP contribution in [0.3, 0.4) is 0 Å². The predicted molar refractivity (Wildman–Crippen MR) is 127 cm³/mol. The van der Waals surface area contributed by atoms with Gasteiger partial charge >= 0.3 is 6.18 Å². The van der Waals surface area contributed by atoms with Crippen molar-refractivity contribution in [1.29, 1.82) is 0 Å². The summed E-state index contributed by atoms with van der Waals surface area (Å²) >= 11 is 0. The van der Waals surface area contributed by atoms with Crippen LogP contribution in [0.5, 0.6) is 0 Å². The molecule has 1 aliphatic rings. The topological polar surface area (TPSA) is 131 Å². The molecular formula is C23H20F3N7O3S. The highest BCUT2D eigenvalue weighted by molar-refractivity contribution is 7.92. The molecule has 10 nitrogen and oxygen atoms in total. The second kappa shape index (κ2) is 8.80. The summed E-state index contributed by atoms with van der Waals surface area (Å²) in [6.07, 6.45) is -3.15. The van der Waals surface area contributed by atoms with Gasteiger partial charge in [0.05, 0.1) is 4.90 Å². The van der Waals surface area contributed by atoms with Crippen molar-refractivity contribution in [3.05, 3.63) is 70.9 Å². The van der Waals surface area contributed by atoms with Gasteiger partial charge in [0.2, 0.25) is 5.95 Å². The molecule has 3 heterocycles. The molecular weight excluding hydrogens is 511 g/mol. The molecule has 1 aromatic carbocycles. The summed E-state index contributed by atoms with van der Waals surface area (Å²) in [5.74, 6) is -0.869. The highest BCUT2D eigenvalue weighted by Gasteiger charge is 2.37. The van der Waals surface area contributed by atoms with E-state index in [0.717, 1.165) is 18.9 Å². The summed E-state index contributed by atoms with van der Waals surface area (Å²) in [5, 5.41) is 6.32. The van der Waals surface area contributed by atoms with Gasteiger partial charge in [-0.1, -0.05) is 0 Å². The molecule has 0 saturated heterocycles. The number of aryl methyl sites for hydroxylation is 2. The van der Waals surface area contributed by atoms with Crippen LogP contribution in [0.2, 0.25) is 0 Å². The van der Waals surface area contributed by atoms with E-state index >= 15 is 0 Å². The van der Waals surface area contributed by atoms with Crippen molar-refractivity contribution in [2.75, 3.05) is 10.0 Å². The largest absolute Gasteiger partial charge is 0.433 e. The first-order valence-electron chi connectivity index (χ1n) is 11.1. The van der Waals surface area contributed by atoms with Crippen molar-refractivity contribution in [2.45, 2.75) is 43.7 Å². The van der Waals surface area contributed by atoms with Crippen LogP contribution in [0.25, 0.3) is 5.65 Å². The molecule has 1 aliphatic carbocycles. The first kappa shape index (κ1) is 24.6. The van der Waals surface area contributed by atoms with Gasteiger partial charge in [-0.25, -0.2) is 32.6 Å². The third kappa shape index (κ3) is 5.23. The Hall–Kier alpha value is -4.07. The fourth-order valence-corrected chi connectivity index (χ4v) is 4.70. The molecule has 0 radical (unpaired) electrons. The van der Waals surface area contributed by atoms with E-state index in [0.29, 0.717) is 21.6 Å². The highest BCUT2D eigenvalue weighted by Crippen LogP contribution is 2.41. The van der Waals surface area contributed by atoms with Crippen LogP contribution in [0.4, 0.5) is 24.8 Å². The number of sulfonamides is 1. The fraction of sp³-hybridized carbons (Fsp3) is 0.261. The third-order valence-corrected chi connectivity index (χ3v) is 6.94. The number of aromatic nitrogens is 5. The lowest BCUT2D eigenvalue weighted by Crippen LogP contribution is -2.17. The molecule has 5 rings (SSSR count). The summed E-state index contributed by atoms with van der Waals surface area (Å²) in [6.45, 7) is 3.41. The minimum absolute atomic E-state index is 0.0240. The normalized spacial score (nSPS) is 14.1. The maximum atomic E-state index is 13.6. The quantitative estimate of drug-likeness (QED) is 0.383. The minimum atomic E-state index is -4.68. The molecule has 0 atom stereocenters. The zero-order chi connectivity index (χ0) is 26.5. The average molecular weight is 532 g/mol. The van der Waals surface area contributed by atoms with Crippen LogP contribution >= 0.6 is 0 Å². The Bertz CT molecular complexity index is 1610. The number of halogens is 3. The second-order valence-corrected chi connectivity index (χ2v) is 10.4. The number of carbonyl (C=O) groups is 1. The van der Waals surface area contributed by atoms with Crippen LogP contribution in [0.1, 0.15) is 52.0 Å². The molecule has 0 bridgehead atoms. The molecule has 14 heteroatoms. The molecule has 1 fully saturated rings. The van der Waals surface area contributed by atoms with Crippen LogP contribution in [0, 0.1) is 13.8 Å². The highest BCUT2D eigenvalue weighted by atomic mass is 32.2. The molecule has 1 saturated carbocycles. The zero-order valence-corrected chi connectivity index (χ0v) is 20.4. The molecule has 0 spiro atoms. The Labute approximate surface area is 209 Å². The smallest absolute Gasteiger partial charge is 0.321 e. The second-order valence-electron chi connectivity index (χ2n) is 8.70. The van der Waals surface area contributed by atoms with E-state index in [1.807, 2.05) is 0 Å². The van der Waals surface area contributed by atoms with Gasteiger partial charge in [0.15, 0.2) is 11.3 Å². The number of carbonyl (C=O) groups excluding carboxylic acids is 1. The lowest BCUT2D eigenvalue weighted by atomic mass is 10.2. The number of anilines is 2. The number of amides is 1. The SMILES string of the molecule is Cc1cc(C)nc(NS(=O)(=O)c2ccc(NC(=O)c3cc4nc(C5CC5)cc(C(F)(F)F)n4n3)cc2)n1. The fourth-order valence-electron chi connectivity index (χ4n) is 3.76. The number of hydrogen-bond donors (Lipinski definition) is 2. The van der Waals surface area contributed by atoms with Crippen LogP contribution < -0.4 is 10.0 Å². The lowest BCUT2D eigenvalue weighted by molar-refractivity contribution is -0.142. The summed E-state index contributed by atoms with van der Waals surface area (Å²) in [5.41, 5.74) is 0.371. The van der Waals surface area contributed by atoms with Crippen molar-refractivity contribution >= 4 is 33.2 Å². The van der Waals surface area contributed by atoms with Crippen LogP contribution in [-0.4, -0.2) is 38.9 Å². The predicted octanol–water partition coefficient (Wildman–Crippen LogP) is 4.09. The number of fused-ring (bicyclic) bond motifs is 1. The van der Waals surface area contributed by atoms with Crippen molar-refractivity contribution in [3.8, 4) is 0 Å². The van der Waals surface area contributed by atoms with Gasteiger partial charge in [-0.05, 0) is 63.1 Å². The molecule has 2 N–H and O–H groups in total. The van der Waals surface area contributed by atoms with Gasteiger partial charge in [0.1, 0.15) is 5.69 Å². The number of nitrogens with one attached hydrogen (secondary N) is 2. The zero-order valence-electron chi connectivity index (χ0n) is 19.5. The van der Waals surface area contributed by atoms with Crippen molar-refractivity contribution in [2.24, 2.45) is 0 Å². The Morgan fingerprint density at radius 1 is 1.00 bits per heavy atom. The van der Waals surface area contributed by atoms with Gasteiger partial charge in [0.25, 0.3) is 15.9 Å². The summed E-state index contributed by atoms with van der Waals surface area (Å²) in [6, 6.07) is 9.05. The van der Waals surface area contributed by atoms with E-state index in [1.54, 1.807) is 19.9 Å². The Morgan fingerprint density at radius 2 is 1.65 bits per heavy atom. The maximum absolute atomic E-state index is 13.6. The first-order chi connectivity index (χ1) is 17.4. The van der Waals surface area contributed by atoms with Gasteiger partial charge in [-0.3, -0.25) is 4.79 Å². The molecule has 4 aromatic rings. The van der Waals surface area contributed by atoms with Crippen molar-refractivity contribution in [3.63, 3.8) is 0 Å². The number of benzene rings is 1. The minimum Gasteiger partial charge on any atom is -0.321 e. The number of nitrogens with zero attached hydrogens (tertiary/aromatic N) is 5. The van der Waals surface area contributed by atoms with E-state index in [-0.39, 0.29) is 33.8 Å².